The molecule has 0 bridgehead atoms. The van der Waals surface area contributed by atoms with Crippen molar-refractivity contribution in [2.45, 2.75) is 6.92 Å². The topological polar surface area (TPSA) is 71.8 Å². The third-order valence-corrected chi connectivity index (χ3v) is 3.25. The molecular weight excluding hydrogens is 274 g/mol. The Hall–Kier alpha value is -1.83. The molecule has 0 aliphatic rings. The minimum Gasteiger partial charge on any atom is -0.354 e. The van der Waals surface area contributed by atoms with Gasteiger partial charge in [-0.2, -0.15) is 26.7 Å². The van der Waals surface area contributed by atoms with Crippen molar-refractivity contribution in [2.24, 2.45) is 0 Å². The van der Waals surface area contributed by atoms with Gasteiger partial charge in [0.2, 0.25) is 17.8 Å². The van der Waals surface area contributed by atoms with Crippen molar-refractivity contribution >= 4 is 23.7 Å². The Morgan fingerprint density at radius 2 is 2.20 bits per heavy atom. The number of aromatic nitrogens is 5. The first-order valence-corrected chi connectivity index (χ1v) is 7.82. The van der Waals surface area contributed by atoms with Gasteiger partial charge in [-0.05, 0) is 13.2 Å². The van der Waals surface area contributed by atoms with Gasteiger partial charge in [-0.3, -0.25) is 4.57 Å². The predicted octanol–water partition coefficient (Wildman–Crippen LogP) is 1.29. The van der Waals surface area contributed by atoms with Crippen LogP contribution in [0.25, 0.3) is 5.95 Å². The summed E-state index contributed by atoms with van der Waals surface area (Å²) in [5, 5.41) is 3.13. The molecule has 2 aromatic rings. The summed E-state index contributed by atoms with van der Waals surface area (Å²) in [5.74, 6) is 2.84. The van der Waals surface area contributed by atoms with E-state index in [4.69, 9.17) is 0 Å². The zero-order chi connectivity index (χ0) is 14.4. The summed E-state index contributed by atoms with van der Waals surface area (Å²) < 4.78 is 1.77. The van der Waals surface area contributed by atoms with Gasteiger partial charge in [0.05, 0.1) is 0 Å². The number of nitrogens with zero attached hydrogens (tertiary/aromatic N) is 6. The fourth-order valence-electron chi connectivity index (χ4n) is 1.58. The van der Waals surface area contributed by atoms with Crippen LogP contribution < -0.4 is 10.2 Å². The molecule has 0 amide bonds. The maximum atomic E-state index is 4.49. The monoisotopic (exact) mass is 293 g/mol. The van der Waals surface area contributed by atoms with Gasteiger partial charge >= 0.3 is 0 Å². The van der Waals surface area contributed by atoms with Gasteiger partial charge in [-0.15, -0.1) is 0 Å². The first-order chi connectivity index (χ1) is 9.74. The van der Waals surface area contributed by atoms with Crippen LogP contribution in [0.2, 0.25) is 0 Å². The Bertz CT molecular complexity index is 529. The van der Waals surface area contributed by atoms with Crippen molar-refractivity contribution in [3.8, 4) is 5.95 Å². The molecule has 8 heteroatoms. The smallest absolute Gasteiger partial charge is 0.241 e. The normalized spacial score (nSPS) is 10.6. The highest BCUT2D eigenvalue weighted by molar-refractivity contribution is 7.98. The Labute approximate surface area is 122 Å². The molecule has 0 radical (unpaired) electrons. The lowest BCUT2D eigenvalue weighted by atomic mass is 10.6. The number of imidazole rings is 1. The van der Waals surface area contributed by atoms with Gasteiger partial charge in [0, 0.05) is 38.3 Å². The van der Waals surface area contributed by atoms with Crippen molar-refractivity contribution in [1.82, 2.24) is 24.5 Å². The van der Waals surface area contributed by atoms with Gasteiger partial charge in [-0.25, -0.2) is 4.98 Å². The van der Waals surface area contributed by atoms with Crippen molar-refractivity contribution in [3.05, 3.63) is 18.7 Å². The molecule has 0 aliphatic heterocycles. The van der Waals surface area contributed by atoms with E-state index in [0.29, 0.717) is 17.8 Å². The second kappa shape index (κ2) is 7.09. The molecule has 2 heterocycles. The van der Waals surface area contributed by atoms with Crippen molar-refractivity contribution in [3.63, 3.8) is 0 Å². The SMILES string of the molecule is CCNc1nc(N(C)CCSC)nc(-n2ccnc2)n1. The van der Waals surface area contributed by atoms with Gasteiger partial charge < -0.3 is 10.2 Å². The van der Waals surface area contributed by atoms with Gasteiger partial charge in [0.15, 0.2) is 0 Å². The van der Waals surface area contributed by atoms with E-state index in [0.717, 1.165) is 18.8 Å². The molecule has 20 heavy (non-hydrogen) atoms. The summed E-state index contributed by atoms with van der Waals surface area (Å²) in [6, 6.07) is 0. The molecule has 108 valence electrons. The molecule has 0 fully saturated rings. The van der Waals surface area contributed by atoms with E-state index in [1.165, 1.54) is 0 Å². The van der Waals surface area contributed by atoms with Crippen LogP contribution in [0.15, 0.2) is 18.7 Å². The van der Waals surface area contributed by atoms with E-state index in [-0.39, 0.29) is 0 Å². The quantitative estimate of drug-likeness (QED) is 0.824. The second-order valence-electron chi connectivity index (χ2n) is 4.17. The zero-order valence-corrected chi connectivity index (χ0v) is 12.8. The van der Waals surface area contributed by atoms with Gasteiger partial charge in [-0.1, -0.05) is 0 Å². The standard InChI is InChI=1S/C12H19N7S/c1-4-14-10-15-11(18(2)7-8-20-3)17-12(16-10)19-6-5-13-9-19/h5-6,9H,4,7-8H2,1-3H3,(H,14,15,16,17). The minimum absolute atomic E-state index is 0.569. The van der Waals surface area contributed by atoms with E-state index in [2.05, 4.69) is 31.5 Å². The van der Waals surface area contributed by atoms with Crippen LogP contribution in [0.1, 0.15) is 6.92 Å². The summed E-state index contributed by atoms with van der Waals surface area (Å²) in [6.07, 6.45) is 7.28. The highest BCUT2D eigenvalue weighted by Gasteiger charge is 2.11. The van der Waals surface area contributed by atoms with Crippen LogP contribution in [-0.2, 0) is 0 Å². The summed E-state index contributed by atoms with van der Waals surface area (Å²) in [7, 11) is 1.99. The maximum absolute atomic E-state index is 4.49. The first kappa shape index (κ1) is 14.6. The van der Waals surface area contributed by atoms with Crippen molar-refractivity contribution < 1.29 is 0 Å². The number of nitrogens with one attached hydrogen (secondary N) is 1. The first-order valence-electron chi connectivity index (χ1n) is 6.43. The number of thioether (sulfide) groups is 1. The summed E-state index contributed by atoms with van der Waals surface area (Å²) in [6.45, 7) is 3.67. The predicted molar refractivity (Wildman–Crippen MR) is 82.8 cm³/mol. The van der Waals surface area contributed by atoms with Crippen LogP contribution in [0, 0.1) is 0 Å². The number of hydrogen-bond acceptors (Lipinski definition) is 7. The van der Waals surface area contributed by atoms with Crippen LogP contribution in [0.4, 0.5) is 11.9 Å². The van der Waals surface area contributed by atoms with Crippen LogP contribution >= 0.6 is 11.8 Å². The average Bonchev–Trinajstić information content (AvgIpc) is 2.99. The minimum atomic E-state index is 0.569. The molecule has 0 aliphatic carbocycles. The highest BCUT2D eigenvalue weighted by Crippen LogP contribution is 2.12. The molecule has 7 nitrogen and oxygen atoms in total. The van der Waals surface area contributed by atoms with Crippen molar-refractivity contribution in [1.29, 1.82) is 0 Å². The lowest BCUT2D eigenvalue weighted by Gasteiger charge is -2.17. The Morgan fingerprint density at radius 1 is 1.35 bits per heavy atom. The highest BCUT2D eigenvalue weighted by atomic mass is 32.2. The van der Waals surface area contributed by atoms with E-state index in [1.54, 1.807) is 28.9 Å². The molecule has 0 aromatic carbocycles. The third-order valence-electron chi connectivity index (χ3n) is 2.65. The molecular formula is C12H19N7S. The van der Waals surface area contributed by atoms with Gasteiger partial charge in [0.1, 0.15) is 6.33 Å². The fraction of sp³-hybridized carbons (Fsp3) is 0.500. The molecule has 2 aromatic heterocycles. The van der Waals surface area contributed by atoms with Crippen LogP contribution in [-0.4, -0.2) is 56.6 Å². The Kier molecular flexibility index (Phi) is 5.16. The van der Waals surface area contributed by atoms with Crippen LogP contribution in [0.5, 0.6) is 0 Å². The molecule has 0 saturated heterocycles. The van der Waals surface area contributed by atoms with E-state index in [9.17, 15) is 0 Å². The average molecular weight is 293 g/mol. The summed E-state index contributed by atoms with van der Waals surface area (Å²) in [4.78, 5) is 19.4. The molecule has 0 atom stereocenters. The van der Waals surface area contributed by atoms with Gasteiger partial charge in [0.25, 0.3) is 0 Å². The number of hydrogen-bond donors (Lipinski definition) is 1. The van der Waals surface area contributed by atoms with E-state index < -0.39 is 0 Å². The number of anilines is 2. The summed E-state index contributed by atoms with van der Waals surface area (Å²) in [5.41, 5.74) is 0. The molecule has 1 N–H and O–H groups in total. The summed E-state index contributed by atoms with van der Waals surface area (Å²) >= 11 is 1.80. The third kappa shape index (κ3) is 3.60. The molecule has 0 spiro atoms. The molecule has 2 rings (SSSR count). The van der Waals surface area contributed by atoms with E-state index in [1.807, 2.05) is 25.1 Å². The molecule has 0 saturated carbocycles. The van der Waals surface area contributed by atoms with Crippen LogP contribution in [0.3, 0.4) is 0 Å². The lowest BCUT2D eigenvalue weighted by molar-refractivity contribution is 0.842. The fourth-order valence-corrected chi connectivity index (χ4v) is 2.04. The lowest BCUT2D eigenvalue weighted by Crippen LogP contribution is -2.24. The maximum Gasteiger partial charge on any atom is 0.241 e. The Morgan fingerprint density at radius 3 is 2.85 bits per heavy atom. The number of rotatable bonds is 7. The zero-order valence-electron chi connectivity index (χ0n) is 11.9. The molecule has 0 unspecified atom stereocenters. The second-order valence-corrected chi connectivity index (χ2v) is 5.16. The Balaban J connectivity index is 2.31. The van der Waals surface area contributed by atoms with E-state index >= 15 is 0 Å². The van der Waals surface area contributed by atoms with Crippen molar-refractivity contribution in [2.75, 3.05) is 42.4 Å². The largest absolute Gasteiger partial charge is 0.354 e.